The van der Waals surface area contributed by atoms with Crippen LogP contribution in [0.1, 0.15) is 58.3 Å². The van der Waals surface area contributed by atoms with E-state index in [1.54, 1.807) is 31.2 Å². The zero-order valence-corrected chi connectivity index (χ0v) is 17.1. The number of anilines is 2. The number of benzene rings is 1. The summed E-state index contributed by atoms with van der Waals surface area (Å²) in [6.45, 7) is 5.66. The Bertz CT molecular complexity index is 919. The highest BCUT2D eigenvalue weighted by Crippen LogP contribution is 2.40. The maximum atomic E-state index is 13.1. The van der Waals surface area contributed by atoms with Crippen molar-refractivity contribution in [3.05, 3.63) is 45.8 Å². The van der Waals surface area contributed by atoms with Crippen LogP contribution in [0, 0.1) is 5.92 Å². The standard InChI is InChI=1S/C21H24N2O4S/c1-4-27-21(26)14-6-5-7-15(11-14)23-19(25)18-16-9-8-12(2)10-17(16)28-20(18)22-13(3)24/h5-7,11-12H,4,8-10H2,1-3H3,(H,22,24)(H,23,25). The monoisotopic (exact) mass is 400 g/mol. The molecule has 28 heavy (non-hydrogen) atoms. The molecule has 6 nitrogen and oxygen atoms in total. The summed E-state index contributed by atoms with van der Waals surface area (Å²) in [5, 5.41) is 6.26. The molecule has 0 aliphatic heterocycles. The third-order valence-corrected chi connectivity index (χ3v) is 5.83. The molecule has 3 rings (SSSR count). The maximum absolute atomic E-state index is 13.1. The number of carbonyl (C=O) groups excluding carboxylic acids is 3. The number of carbonyl (C=O) groups is 3. The SMILES string of the molecule is CCOC(=O)c1cccc(NC(=O)c2c(NC(C)=O)sc3c2CCC(C)C3)c1. The van der Waals surface area contributed by atoms with E-state index in [2.05, 4.69) is 17.6 Å². The summed E-state index contributed by atoms with van der Waals surface area (Å²) in [5.41, 5.74) is 2.44. The van der Waals surface area contributed by atoms with Crippen molar-refractivity contribution in [1.82, 2.24) is 0 Å². The predicted molar refractivity (Wildman–Crippen MR) is 110 cm³/mol. The van der Waals surface area contributed by atoms with E-state index < -0.39 is 5.97 Å². The van der Waals surface area contributed by atoms with Gasteiger partial charge in [0.2, 0.25) is 5.91 Å². The third kappa shape index (κ3) is 4.42. The van der Waals surface area contributed by atoms with Crippen molar-refractivity contribution in [3.63, 3.8) is 0 Å². The van der Waals surface area contributed by atoms with Crippen LogP contribution in [0.3, 0.4) is 0 Å². The van der Waals surface area contributed by atoms with Crippen LogP contribution in [0.2, 0.25) is 0 Å². The van der Waals surface area contributed by atoms with Gasteiger partial charge in [0.15, 0.2) is 0 Å². The molecule has 0 radical (unpaired) electrons. The molecule has 1 aromatic carbocycles. The van der Waals surface area contributed by atoms with Gasteiger partial charge in [-0.05, 0) is 55.9 Å². The molecule has 2 amide bonds. The molecule has 148 valence electrons. The number of esters is 1. The van der Waals surface area contributed by atoms with Gasteiger partial charge in [-0.2, -0.15) is 0 Å². The second kappa shape index (κ2) is 8.56. The Morgan fingerprint density at radius 2 is 2.04 bits per heavy atom. The maximum Gasteiger partial charge on any atom is 0.338 e. The van der Waals surface area contributed by atoms with Crippen molar-refractivity contribution in [2.45, 2.75) is 40.0 Å². The lowest BCUT2D eigenvalue weighted by Crippen LogP contribution is -2.19. The summed E-state index contributed by atoms with van der Waals surface area (Å²) < 4.78 is 5.01. The smallest absolute Gasteiger partial charge is 0.338 e. The number of amides is 2. The zero-order chi connectivity index (χ0) is 20.3. The molecule has 0 saturated carbocycles. The molecule has 0 fully saturated rings. The minimum Gasteiger partial charge on any atom is -0.462 e. The first-order valence-electron chi connectivity index (χ1n) is 9.39. The molecule has 0 bridgehead atoms. The minimum atomic E-state index is -0.431. The molecule has 2 aromatic rings. The van der Waals surface area contributed by atoms with Crippen LogP contribution in [0.4, 0.5) is 10.7 Å². The second-order valence-corrected chi connectivity index (χ2v) is 8.10. The summed E-state index contributed by atoms with van der Waals surface area (Å²) in [7, 11) is 0. The summed E-state index contributed by atoms with van der Waals surface area (Å²) in [6.07, 6.45) is 2.75. The van der Waals surface area contributed by atoms with Gasteiger partial charge in [0.05, 0.1) is 17.7 Å². The first kappa shape index (κ1) is 20.1. The number of hydrogen-bond donors (Lipinski definition) is 2. The van der Waals surface area contributed by atoms with E-state index in [9.17, 15) is 14.4 Å². The summed E-state index contributed by atoms with van der Waals surface area (Å²) in [4.78, 5) is 37.8. The van der Waals surface area contributed by atoms with Gasteiger partial charge in [0.1, 0.15) is 5.00 Å². The Labute approximate surface area is 168 Å². The van der Waals surface area contributed by atoms with E-state index in [4.69, 9.17) is 4.74 Å². The predicted octanol–water partition coefficient (Wildman–Crippen LogP) is 4.26. The summed E-state index contributed by atoms with van der Waals surface area (Å²) in [6, 6.07) is 6.65. The van der Waals surface area contributed by atoms with Gasteiger partial charge >= 0.3 is 5.97 Å². The van der Waals surface area contributed by atoms with Crippen molar-refractivity contribution in [2.75, 3.05) is 17.2 Å². The topological polar surface area (TPSA) is 84.5 Å². The molecular formula is C21H24N2O4S. The van der Waals surface area contributed by atoms with E-state index in [0.717, 1.165) is 29.7 Å². The molecule has 1 aliphatic carbocycles. The van der Waals surface area contributed by atoms with Crippen LogP contribution in [0.25, 0.3) is 0 Å². The van der Waals surface area contributed by atoms with Crippen molar-refractivity contribution >= 4 is 39.8 Å². The van der Waals surface area contributed by atoms with Crippen molar-refractivity contribution in [2.24, 2.45) is 5.92 Å². The minimum absolute atomic E-state index is 0.204. The van der Waals surface area contributed by atoms with E-state index in [-0.39, 0.29) is 18.4 Å². The highest BCUT2D eigenvalue weighted by Gasteiger charge is 2.28. The molecule has 1 atom stereocenters. The molecule has 2 N–H and O–H groups in total. The van der Waals surface area contributed by atoms with E-state index >= 15 is 0 Å². The lowest BCUT2D eigenvalue weighted by Gasteiger charge is -2.18. The van der Waals surface area contributed by atoms with Crippen LogP contribution in [-0.4, -0.2) is 24.4 Å². The van der Waals surface area contributed by atoms with E-state index in [1.807, 2.05) is 0 Å². The summed E-state index contributed by atoms with van der Waals surface area (Å²) >= 11 is 1.48. The van der Waals surface area contributed by atoms with E-state index in [1.165, 1.54) is 18.3 Å². The fraction of sp³-hybridized carbons (Fsp3) is 0.381. The number of nitrogens with one attached hydrogen (secondary N) is 2. The van der Waals surface area contributed by atoms with Crippen molar-refractivity contribution in [1.29, 1.82) is 0 Å². The number of rotatable bonds is 5. The molecule has 1 unspecified atom stereocenters. The molecule has 0 spiro atoms. The van der Waals surface area contributed by atoms with Gasteiger partial charge < -0.3 is 15.4 Å². The second-order valence-electron chi connectivity index (χ2n) is 6.99. The summed E-state index contributed by atoms with van der Waals surface area (Å²) in [5.74, 6) is -0.352. The molecule has 0 saturated heterocycles. The third-order valence-electron chi connectivity index (χ3n) is 4.66. The lowest BCUT2D eigenvalue weighted by atomic mass is 9.88. The van der Waals surface area contributed by atoms with Gasteiger partial charge in [-0.3, -0.25) is 9.59 Å². The molecule has 1 aromatic heterocycles. The molecule has 1 heterocycles. The van der Waals surface area contributed by atoms with Crippen molar-refractivity contribution in [3.8, 4) is 0 Å². The average Bonchev–Trinajstić information content (AvgIpc) is 2.98. The van der Waals surface area contributed by atoms with Crippen LogP contribution >= 0.6 is 11.3 Å². The quantitative estimate of drug-likeness (QED) is 0.735. The van der Waals surface area contributed by atoms with Gasteiger partial charge in [0, 0.05) is 17.5 Å². The van der Waals surface area contributed by atoms with Gasteiger partial charge in [0.25, 0.3) is 5.91 Å². The van der Waals surface area contributed by atoms with Crippen LogP contribution < -0.4 is 10.6 Å². The molecule has 1 aliphatic rings. The number of thiophene rings is 1. The highest BCUT2D eigenvalue weighted by atomic mass is 32.1. The Morgan fingerprint density at radius 3 is 2.75 bits per heavy atom. The Balaban J connectivity index is 1.89. The van der Waals surface area contributed by atoms with Crippen molar-refractivity contribution < 1.29 is 19.1 Å². The normalized spacial score (nSPS) is 15.5. The van der Waals surface area contributed by atoms with Gasteiger partial charge in [-0.15, -0.1) is 11.3 Å². The number of ether oxygens (including phenoxy) is 1. The van der Waals surface area contributed by atoms with Gasteiger partial charge in [-0.25, -0.2) is 4.79 Å². The van der Waals surface area contributed by atoms with E-state index in [0.29, 0.717) is 27.7 Å². The van der Waals surface area contributed by atoms with Crippen LogP contribution in [0.5, 0.6) is 0 Å². The van der Waals surface area contributed by atoms with Crippen LogP contribution in [0.15, 0.2) is 24.3 Å². The number of hydrogen-bond acceptors (Lipinski definition) is 5. The first-order chi connectivity index (χ1) is 13.4. The zero-order valence-electron chi connectivity index (χ0n) is 16.3. The highest BCUT2D eigenvalue weighted by molar-refractivity contribution is 7.17. The number of fused-ring (bicyclic) bond motifs is 1. The average molecular weight is 401 g/mol. The van der Waals surface area contributed by atoms with Crippen LogP contribution in [-0.2, 0) is 22.4 Å². The Morgan fingerprint density at radius 1 is 1.25 bits per heavy atom. The Kier molecular flexibility index (Phi) is 6.14. The first-order valence-corrected chi connectivity index (χ1v) is 10.2. The fourth-order valence-corrected chi connectivity index (χ4v) is 4.83. The van der Waals surface area contributed by atoms with Gasteiger partial charge in [-0.1, -0.05) is 13.0 Å². The lowest BCUT2D eigenvalue weighted by molar-refractivity contribution is -0.114. The molecule has 7 heteroatoms. The fourth-order valence-electron chi connectivity index (χ4n) is 3.37. The Hall–Kier alpha value is -2.67. The molecular weight excluding hydrogens is 376 g/mol. The largest absolute Gasteiger partial charge is 0.462 e.